The van der Waals surface area contributed by atoms with Crippen molar-refractivity contribution in [1.29, 1.82) is 0 Å². The number of Topliss-reactive ketones (excluding diaryl/α,β-unsaturated/α-hetero) is 1. The number of ether oxygens (including phenoxy) is 1. The van der Waals surface area contributed by atoms with Crippen LogP contribution < -0.4 is 4.74 Å². The van der Waals surface area contributed by atoms with Gasteiger partial charge in [0.15, 0.2) is 0 Å². The molecule has 2 nitrogen and oxygen atoms in total. The Labute approximate surface area is 86.9 Å². The van der Waals surface area contributed by atoms with Crippen molar-refractivity contribution in [3.8, 4) is 5.75 Å². The minimum absolute atomic E-state index is 0.00713. The summed E-state index contributed by atoms with van der Waals surface area (Å²) >= 11 is 0. The second-order valence-electron chi connectivity index (χ2n) is 3.35. The lowest BCUT2D eigenvalue weighted by Crippen LogP contribution is -2.04. The second-order valence-corrected chi connectivity index (χ2v) is 3.35. The van der Waals surface area contributed by atoms with Gasteiger partial charge in [-0.15, -0.1) is 0 Å². The lowest BCUT2D eigenvalue weighted by molar-refractivity contribution is -0.116. The smallest absolute Gasteiger partial charge is 0.387 e. The van der Waals surface area contributed by atoms with Gasteiger partial charge in [-0.05, 0) is 37.1 Å². The van der Waals surface area contributed by atoms with Gasteiger partial charge >= 0.3 is 6.61 Å². The summed E-state index contributed by atoms with van der Waals surface area (Å²) in [5.41, 5.74) is 1.62. The molecule has 82 valence electrons. The normalized spacial score (nSPS) is 10.5. The van der Waals surface area contributed by atoms with E-state index in [9.17, 15) is 13.6 Å². The fourth-order valence-electron chi connectivity index (χ4n) is 1.28. The highest BCUT2D eigenvalue weighted by Crippen LogP contribution is 2.19. The molecule has 0 aliphatic rings. The Morgan fingerprint density at radius 1 is 1.47 bits per heavy atom. The van der Waals surface area contributed by atoms with E-state index in [0.29, 0.717) is 0 Å². The molecule has 0 saturated heterocycles. The maximum absolute atomic E-state index is 11.9. The highest BCUT2D eigenvalue weighted by atomic mass is 19.3. The van der Waals surface area contributed by atoms with Crippen molar-refractivity contribution < 1.29 is 18.3 Å². The average molecular weight is 214 g/mol. The Morgan fingerprint density at radius 3 is 2.67 bits per heavy atom. The molecule has 0 unspecified atom stereocenters. The third-order valence-electron chi connectivity index (χ3n) is 1.99. The van der Waals surface area contributed by atoms with E-state index in [2.05, 4.69) is 4.74 Å². The quantitative estimate of drug-likeness (QED) is 0.770. The molecule has 0 N–H and O–H groups in total. The zero-order valence-electron chi connectivity index (χ0n) is 8.59. The molecule has 15 heavy (non-hydrogen) atoms. The van der Waals surface area contributed by atoms with Crippen molar-refractivity contribution in [3.63, 3.8) is 0 Å². The molecule has 0 aliphatic carbocycles. The number of ketones is 1. The Morgan fingerprint density at radius 2 is 2.13 bits per heavy atom. The van der Waals surface area contributed by atoms with Crippen LogP contribution >= 0.6 is 0 Å². The van der Waals surface area contributed by atoms with Gasteiger partial charge in [0.05, 0.1) is 0 Å². The summed E-state index contributed by atoms with van der Waals surface area (Å²) in [5, 5.41) is 0. The number of aryl methyl sites for hydroxylation is 1. The van der Waals surface area contributed by atoms with Gasteiger partial charge in [0.1, 0.15) is 11.5 Å². The summed E-state index contributed by atoms with van der Waals surface area (Å²) in [4.78, 5) is 10.9. The van der Waals surface area contributed by atoms with E-state index in [4.69, 9.17) is 0 Å². The molecule has 0 aromatic heterocycles. The summed E-state index contributed by atoms with van der Waals surface area (Å²) in [6.45, 7) is 0.447. The zero-order chi connectivity index (χ0) is 11.4. The van der Waals surface area contributed by atoms with Crippen molar-refractivity contribution in [2.45, 2.75) is 26.9 Å². The van der Waals surface area contributed by atoms with Gasteiger partial charge in [-0.1, -0.05) is 6.07 Å². The topological polar surface area (TPSA) is 26.3 Å². The van der Waals surface area contributed by atoms with Crippen molar-refractivity contribution in [2.75, 3.05) is 0 Å². The van der Waals surface area contributed by atoms with Crippen LogP contribution in [0.25, 0.3) is 0 Å². The molecule has 0 aliphatic heterocycles. The number of hydrogen-bond donors (Lipinski definition) is 0. The fraction of sp³-hybridized carbons (Fsp3) is 0.364. The highest BCUT2D eigenvalue weighted by Gasteiger charge is 2.07. The number of halogens is 2. The van der Waals surface area contributed by atoms with Crippen molar-refractivity contribution in [2.24, 2.45) is 0 Å². The molecule has 1 aromatic rings. The van der Waals surface area contributed by atoms with Crippen LogP contribution in [0.5, 0.6) is 5.75 Å². The van der Waals surface area contributed by atoms with Crippen LogP contribution in [-0.4, -0.2) is 12.4 Å². The SMILES string of the molecule is CC(=O)Cc1cc(OC(F)F)ccc1C. The van der Waals surface area contributed by atoms with Gasteiger partial charge < -0.3 is 4.74 Å². The van der Waals surface area contributed by atoms with Gasteiger partial charge in [-0.3, -0.25) is 4.79 Å². The molecular weight excluding hydrogens is 202 g/mol. The predicted octanol–water partition coefficient (Wildman–Crippen LogP) is 2.73. The summed E-state index contributed by atoms with van der Waals surface area (Å²) in [6.07, 6.45) is 0.242. The molecular formula is C11H12F2O2. The van der Waals surface area contributed by atoms with E-state index in [1.54, 1.807) is 6.07 Å². The standard InChI is InChI=1S/C11H12F2O2/c1-7-3-4-10(15-11(12)13)6-9(7)5-8(2)14/h3-4,6,11H,5H2,1-2H3. The van der Waals surface area contributed by atoms with Crippen LogP contribution in [-0.2, 0) is 11.2 Å². The van der Waals surface area contributed by atoms with Gasteiger partial charge in [-0.2, -0.15) is 8.78 Å². The number of rotatable bonds is 4. The minimum atomic E-state index is -2.84. The van der Waals surface area contributed by atoms with Crippen LogP contribution in [0, 0.1) is 6.92 Å². The van der Waals surface area contributed by atoms with E-state index in [-0.39, 0.29) is 18.0 Å². The van der Waals surface area contributed by atoms with E-state index < -0.39 is 6.61 Å². The van der Waals surface area contributed by atoms with Gasteiger partial charge in [0, 0.05) is 6.42 Å². The first kappa shape index (κ1) is 11.6. The first-order chi connectivity index (χ1) is 6.99. The lowest BCUT2D eigenvalue weighted by Gasteiger charge is -2.08. The van der Waals surface area contributed by atoms with Crippen LogP contribution in [0.3, 0.4) is 0 Å². The summed E-state index contributed by atoms with van der Waals surface area (Å²) in [5.74, 6) is 0.0825. The van der Waals surface area contributed by atoms with Gasteiger partial charge in [0.2, 0.25) is 0 Å². The monoisotopic (exact) mass is 214 g/mol. The molecule has 0 radical (unpaired) electrons. The van der Waals surface area contributed by atoms with Crippen LogP contribution in [0.15, 0.2) is 18.2 Å². The first-order valence-electron chi connectivity index (χ1n) is 4.53. The number of alkyl halides is 2. The zero-order valence-corrected chi connectivity index (χ0v) is 8.59. The second kappa shape index (κ2) is 4.87. The third kappa shape index (κ3) is 3.65. The molecule has 1 aromatic carbocycles. The van der Waals surface area contributed by atoms with E-state index in [1.165, 1.54) is 19.1 Å². The predicted molar refractivity (Wildman–Crippen MR) is 52.2 cm³/mol. The molecule has 0 saturated carbocycles. The number of hydrogen-bond acceptors (Lipinski definition) is 2. The molecule has 0 bridgehead atoms. The average Bonchev–Trinajstić information content (AvgIpc) is 2.09. The highest BCUT2D eigenvalue weighted by molar-refractivity contribution is 5.78. The van der Waals surface area contributed by atoms with E-state index >= 15 is 0 Å². The van der Waals surface area contributed by atoms with Crippen molar-refractivity contribution in [1.82, 2.24) is 0 Å². The molecule has 1 rings (SSSR count). The van der Waals surface area contributed by atoms with Crippen LogP contribution in [0.1, 0.15) is 18.1 Å². The molecule has 0 atom stereocenters. The maximum Gasteiger partial charge on any atom is 0.387 e. The Bertz CT molecular complexity index is 362. The minimum Gasteiger partial charge on any atom is -0.435 e. The Balaban J connectivity index is 2.89. The lowest BCUT2D eigenvalue weighted by atomic mass is 10.0. The van der Waals surface area contributed by atoms with E-state index in [1.807, 2.05) is 6.92 Å². The Kier molecular flexibility index (Phi) is 3.77. The fourth-order valence-corrected chi connectivity index (χ4v) is 1.28. The van der Waals surface area contributed by atoms with Gasteiger partial charge in [0.25, 0.3) is 0 Å². The van der Waals surface area contributed by atoms with Crippen molar-refractivity contribution in [3.05, 3.63) is 29.3 Å². The molecule has 0 spiro atoms. The molecule has 0 heterocycles. The van der Waals surface area contributed by atoms with E-state index in [0.717, 1.165) is 11.1 Å². The number of carbonyl (C=O) groups excluding carboxylic acids is 1. The molecule has 0 amide bonds. The molecule has 0 fully saturated rings. The van der Waals surface area contributed by atoms with Gasteiger partial charge in [-0.25, -0.2) is 0 Å². The largest absolute Gasteiger partial charge is 0.435 e. The number of carbonyl (C=O) groups is 1. The Hall–Kier alpha value is -1.45. The maximum atomic E-state index is 11.9. The summed E-state index contributed by atoms with van der Waals surface area (Å²) in [6, 6.07) is 4.60. The summed E-state index contributed by atoms with van der Waals surface area (Å²) in [7, 11) is 0. The molecule has 4 heteroatoms. The third-order valence-corrected chi connectivity index (χ3v) is 1.99. The summed E-state index contributed by atoms with van der Waals surface area (Å²) < 4.78 is 28.1. The van der Waals surface area contributed by atoms with Crippen LogP contribution in [0.4, 0.5) is 8.78 Å². The van der Waals surface area contributed by atoms with Crippen LogP contribution in [0.2, 0.25) is 0 Å². The first-order valence-corrected chi connectivity index (χ1v) is 4.53. The number of benzene rings is 1. The van der Waals surface area contributed by atoms with Crippen molar-refractivity contribution >= 4 is 5.78 Å².